The number of nitrogens with one attached hydrogen (secondary N) is 3. The molecule has 2 aromatic carbocycles. The Hall–Kier alpha value is -2.59. The number of rotatable bonds is 4. The Balaban J connectivity index is 1.78. The van der Waals surface area contributed by atoms with E-state index in [1.165, 1.54) is 30.3 Å². The zero-order valence-electron chi connectivity index (χ0n) is 13.8. The van der Waals surface area contributed by atoms with Crippen molar-refractivity contribution in [3.63, 3.8) is 0 Å². The third-order valence-electron chi connectivity index (χ3n) is 4.01. The van der Waals surface area contributed by atoms with Crippen LogP contribution in [0.25, 0.3) is 0 Å². The van der Waals surface area contributed by atoms with Crippen molar-refractivity contribution in [1.82, 2.24) is 10.0 Å². The minimum absolute atomic E-state index is 0.0780. The monoisotopic (exact) mass is 399 g/mol. The number of amides is 1. The highest BCUT2D eigenvalue weighted by Gasteiger charge is 2.42. The highest BCUT2D eigenvalue weighted by Crippen LogP contribution is 2.26. The van der Waals surface area contributed by atoms with Crippen LogP contribution in [0.2, 0.25) is 0 Å². The van der Waals surface area contributed by atoms with Crippen LogP contribution in [0, 0.1) is 0 Å². The first-order valence-corrected chi connectivity index (χ1v) is 9.44. The lowest BCUT2D eigenvalue weighted by Crippen LogP contribution is -2.58. The lowest BCUT2D eigenvalue weighted by molar-refractivity contribution is -0.161. The molecule has 0 bridgehead atoms. The second-order valence-corrected chi connectivity index (χ2v) is 7.67. The lowest BCUT2D eigenvalue weighted by Gasteiger charge is -2.29. The van der Waals surface area contributed by atoms with Gasteiger partial charge in [0, 0.05) is 6.42 Å². The minimum atomic E-state index is -4.70. The van der Waals surface area contributed by atoms with Crippen LogP contribution in [-0.2, 0) is 21.2 Å². The summed E-state index contributed by atoms with van der Waals surface area (Å²) in [7, 11) is -4.02. The predicted molar refractivity (Wildman–Crippen MR) is 92.3 cm³/mol. The van der Waals surface area contributed by atoms with E-state index in [-0.39, 0.29) is 10.6 Å². The average Bonchev–Trinajstić information content (AvgIpc) is 2.60. The van der Waals surface area contributed by atoms with Crippen molar-refractivity contribution in [3.8, 4) is 0 Å². The van der Waals surface area contributed by atoms with Crippen molar-refractivity contribution in [1.29, 1.82) is 0 Å². The zero-order valence-corrected chi connectivity index (χ0v) is 14.6. The summed E-state index contributed by atoms with van der Waals surface area (Å²) in [6.45, 7) is 0. The molecule has 3 N–H and O–H groups in total. The van der Waals surface area contributed by atoms with E-state index in [0.29, 0.717) is 5.56 Å². The van der Waals surface area contributed by atoms with Crippen LogP contribution in [0.3, 0.4) is 0 Å². The molecule has 1 aliphatic heterocycles. The van der Waals surface area contributed by atoms with Gasteiger partial charge in [0.15, 0.2) is 6.17 Å². The quantitative estimate of drug-likeness (QED) is 0.734. The third-order valence-corrected chi connectivity index (χ3v) is 5.49. The van der Waals surface area contributed by atoms with Crippen molar-refractivity contribution < 1.29 is 26.4 Å². The number of anilines is 1. The number of alkyl halides is 3. The summed E-state index contributed by atoms with van der Waals surface area (Å²) in [6.07, 6.45) is -6.71. The number of para-hydroxylation sites is 1. The Kier molecular flexibility index (Phi) is 5.11. The molecule has 0 fully saturated rings. The summed E-state index contributed by atoms with van der Waals surface area (Å²) >= 11 is 0. The van der Waals surface area contributed by atoms with E-state index in [4.69, 9.17) is 0 Å². The molecular weight excluding hydrogens is 383 g/mol. The fourth-order valence-corrected chi connectivity index (χ4v) is 3.97. The molecule has 27 heavy (non-hydrogen) atoms. The van der Waals surface area contributed by atoms with Gasteiger partial charge in [0.25, 0.3) is 5.91 Å². The maximum atomic E-state index is 13.4. The second kappa shape index (κ2) is 7.20. The highest BCUT2D eigenvalue weighted by molar-refractivity contribution is 7.89. The summed E-state index contributed by atoms with van der Waals surface area (Å²) in [5.74, 6) is -1.12. The van der Waals surface area contributed by atoms with Crippen molar-refractivity contribution in [3.05, 3.63) is 60.2 Å². The molecule has 0 unspecified atom stereocenters. The lowest BCUT2D eigenvalue weighted by atomic mass is 10.1. The van der Waals surface area contributed by atoms with Gasteiger partial charge in [-0.3, -0.25) is 4.79 Å². The fourth-order valence-electron chi connectivity index (χ4n) is 2.70. The fraction of sp³-hybridized carbons (Fsp3) is 0.235. The molecule has 1 amide bonds. The van der Waals surface area contributed by atoms with Gasteiger partial charge in [-0.15, -0.1) is 0 Å². The molecule has 0 spiro atoms. The molecule has 0 aliphatic carbocycles. The van der Waals surface area contributed by atoms with Crippen LogP contribution >= 0.6 is 0 Å². The normalized spacial score (nSPS) is 19.4. The van der Waals surface area contributed by atoms with Gasteiger partial charge in [0.2, 0.25) is 10.0 Å². The van der Waals surface area contributed by atoms with E-state index < -0.39 is 40.7 Å². The van der Waals surface area contributed by atoms with Crippen molar-refractivity contribution in [2.24, 2.45) is 0 Å². The molecule has 0 saturated heterocycles. The van der Waals surface area contributed by atoms with E-state index in [1.807, 2.05) is 5.32 Å². The predicted octanol–water partition coefficient (Wildman–Crippen LogP) is 2.01. The summed E-state index contributed by atoms with van der Waals surface area (Å²) in [5.41, 5.74) is 0.533. The largest absolute Gasteiger partial charge is 0.408 e. The molecule has 0 radical (unpaired) electrons. The van der Waals surface area contributed by atoms with Gasteiger partial charge >= 0.3 is 6.18 Å². The van der Waals surface area contributed by atoms with Crippen molar-refractivity contribution in [2.75, 3.05) is 5.32 Å². The number of benzene rings is 2. The topological polar surface area (TPSA) is 87.3 Å². The van der Waals surface area contributed by atoms with Crippen LogP contribution in [0.5, 0.6) is 0 Å². The van der Waals surface area contributed by atoms with Crippen LogP contribution in [0.15, 0.2) is 59.5 Å². The maximum Gasteiger partial charge on any atom is 0.408 e. The summed E-state index contributed by atoms with van der Waals surface area (Å²) in [4.78, 5) is 12.3. The standard InChI is InChI=1S/C17H16F3N3O3S/c18-17(19,20)14(10-11-6-2-1-3-7-11)22-16(24)15-21-12-8-4-5-9-13(12)27(25,26)23-15/h1-9,14-15,21,23H,10H2,(H,22,24)/t14-,15-/m1/s1. The van der Waals surface area contributed by atoms with Crippen LogP contribution in [-0.4, -0.2) is 32.7 Å². The van der Waals surface area contributed by atoms with E-state index >= 15 is 0 Å². The number of hydrogen-bond donors (Lipinski definition) is 3. The van der Waals surface area contributed by atoms with Crippen LogP contribution < -0.4 is 15.4 Å². The molecule has 0 saturated carbocycles. The first kappa shape index (κ1) is 19.2. The highest BCUT2D eigenvalue weighted by atomic mass is 32.2. The second-order valence-electron chi connectivity index (χ2n) is 5.99. The number of carbonyl (C=O) groups is 1. The SMILES string of the molecule is O=C(N[C@H](Cc1ccccc1)C(F)(F)F)[C@@H]1Nc2ccccc2S(=O)(=O)N1. The first-order chi connectivity index (χ1) is 12.7. The van der Waals surface area contributed by atoms with E-state index in [9.17, 15) is 26.4 Å². The summed E-state index contributed by atoms with van der Waals surface area (Å²) in [5, 5.41) is 4.49. The summed E-state index contributed by atoms with van der Waals surface area (Å²) in [6, 6.07) is 11.5. The Morgan fingerprint density at radius 3 is 2.37 bits per heavy atom. The molecule has 2 atom stereocenters. The van der Waals surface area contributed by atoms with Crippen LogP contribution in [0.4, 0.5) is 18.9 Å². The molecule has 144 valence electrons. The van der Waals surface area contributed by atoms with Gasteiger partial charge in [-0.1, -0.05) is 42.5 Å². The molecule has 3 rings (SSSR count). The molecule has 10 heteroatoms. The van der Waals surface area contributed by atoms with E-state index in [1.54, 1.807) is 24.3 Å². The van der Waals surface area contributed by atoms with Gasteiger partial charge in [0.05, 0.1) is 5.69 Å². The van der Waals surface area contributed by atoms with Gasteiger partial charge in [-0.05, 0) is 17.7 Å². The zero-order chi connectivity index (χ0) is 19.7. The minimum Gasteiger partial charge on any atom is -0.360 e. The smallest absolute Gasteiger partial charge is 0.360 e. The van der Waals surface area contributed by atoms with E-state index in [2.05, 4.69) is 10.0 Å². The number of sulfonamides is 1. The number of fused-ring (bicyclic) bond motifs is 1. The van der Waals surface area contributed by atoms with Crippen molar-refractivity contribution >= 4 is 21.6 Å². The average molecular weight is 399 g/mol. The first-order valence-electron chi connectivity index (χ1n) is 7.96. The number of halogens is 3. The van der Waals surface area contributed by atoms with Gasteiger partial charge in [-0.25, -0.2) is 8.42 Å². The van der Waals surface area contributed by atoms with E-state index in [0.717, 1.165) is 0 Å². The molecule has 1 heterocycles. The maximum absolute atomic E-state index is 13.4. The summed E-state index contributed by atoms with van der Waals surface area (Å²) < 4.78 is 66.5. The molecule has 2 aromatic rings. The Morgan fingerprint density at radius 2 is 1.70 bits per heavy atom. The van der Waals surface area contributed by atoms with Gasteiger partial charge < -0.3 is 10.6 Å². The van der Waals surface area contributed by atoms with Gasteiger partial charge in [0.1, 0.15) is 10.9 Å². The Labute approximate surface area is 153 Å². The van der Waals surface area contributed by atoms with Crippen molar-refractivity contribution in [2.45, 2.75) is 29.7 Å². The molecule has 0 aromatic heterocycles. The third kappa shape index (κ3) is 4.40. The van der Waals surface area contributed by atoms with Gasteiger partial charge in [-0.2, -0.15) is 17.9 Å². The Bertz CT molecular complexity index is 933. The molecular formula is C17H16F3N3O3S. The number of hydrogen-bond acceptors (Lipinski definition) is 4. The molecule has 1 aliphatic rings. The molecule has 6 nitrogen and oxygen atoms in total. The van der Waals surface area contributed by atoms with Crippen LogP contribution in [0.1, 0.15) is 5.56 Å². The Morgan fingerprint density at radius 1 is 1.07 bits per heavy atom. The number of carbonyl (C=O) groups excluding carboxylic acids is 1.